The molecular weight excluding hydrogens is 533 g/mol. The fraction of sp³-hybridized carbons (Fsp3) is 0.154. The van der Waals surface area contributed by atoms with Crippen LogP contribution in [0.25, 0.3) is 5.69 Å². The molecule has 3 amide bonds. The van der Waals surface area contributed by atoms with Gasteiger partial charge in [-0.05, 0) is 37.3 Å². The smallest absolute Gasteiger partial charge is 0.331 e. The van der Waals surface area contributed by atoms with Crippen molar-refractivity contribution in [3.63, 3.8) is 0 Å². The van der Waals surface area contributed by atoms with E-state index in [0.717, 1.165) is 22.8 Å². The van der Waals surface area contributed by atoms with Crippen molar-refractivity contribution in [1.29, 1.82) is 0 Å². The maximum absolute atomic E-state index is 14.8. The van der Waals surface area contributed by atoms with Crippen LogP contribution in [-0.2, 0) is 0 Å². The monoisotopic (exact) mass is 554 g/mol. The number of aliphatic hydroxyl groups is 1. The Balaban J connectivity index is 1.27. The molecule has 5 rings (SSSR count). The second kappa shape index (κ2) is 10.6. The number of rotatable bonds is 6. The number of likely N-dealkylation sites (tertiary alicyclic amines) is 1. The van der Waals surface area contributed by atoms with Crippen molar-refractivity contribution in [3.05, 3.63) is 94.1 Å². The molecule has 40 heavy (non-hydrogen) atoms. The first-order valence-electron chi connectivity index (χ1n) is 11.8. The van der Waals surface area contributed by atoms with E-state index in [1.807, 2.05) is 0 Å². The second-order valence-corrected chi connectivity index (χ2v) is 8.89. The van der Waals surface area contributed by atoms with E-state index < -0.39 is 41.2 Å². The Bertz CT molecular complexity index is 1680. The number of hydrogen-bond acceptors (Lipinski definition) is 6. The first-order valence-corrected chi connectivity index (χ1v) is 11.8. The fourth-order valence-electron chi connectivity index (χ4n) is 4.03. The molecule has 1 saturated heterocycles. The number of carbonyl (C=O) groups is 2. The number of hydrogen-bond donors (Lipinski definition) is 4. The van der Waals surface area contributed by atoms with Gasteiger partial charge in [0.15, 0.2) is 11.6 Å². The van der Waals surface area contributed by atoms with Gasteiger partial charge in [0.05, 0.1) is 30.6 Å². The number of amides is 3. The molecule has 0 saturated carbocycles. The zero-order chi connectivity index (χ0) is 28.6. The van der Waals surface area contributed by atoms with Crippen LogP contribution in [0.5, 0.6) is 11.5 Å². The number of aromatic nitrogens is 3. The van der Waals surface area contributed by atoms with Gasteiger partial charge in [0.25, 0.3) is 5.91 Å². The Morgan fingerprint density at radius 3 is 2.52 bits per heavy atom. The second-order valence-electron chi connectivity index (χ2n) is 8.89. The minimum absolute atomic E-state index is 0.0372. The summed E-state index contributed by atoms with van der Waals surface area (Å²) in [7, 11) is 0. The van der Waals surface area contributed by atoms with E-state index in [0.29, 0.717) is 6.07 Å². The summed E-state index contributed by atoms with van der Waals surface area (Å²) in [5, 5.41) is 14.3. The Morgan fingerprint density at radius 2 is 1.82 bits per heavy atom. The van der Waals surface area contributed by atoms with Crippen LogP contribution in [0.3, 0.4) is 0 Å². The normalized spacial score (nSPS) is 13.1. The van der Waals surface area contributed by atoms with Crippen LogP contribution in [-0.4, -0.2) is 55.7 Å². The molecule has 0 spiro atoms. The van der Waals surface area contributed by atoms with Crippen LogP contribution in [0, 0.1) is 24.4 Å². The third kappa shape index (κ3) is 5.37. The third-order valence-electron chi connectivity index (χ3n) is 6.04. The number of anilines is 2. The van der Waals surface area contributed by atoms with Crippen LogP contribution in [0.4, 0.5) is 29.5 Å². The molecule has 11 nitrogen and oxygen atoms in total. The van der Waals surface area contributed by atoms with Crippen molar-refractivity contribution < 1.29 is 32.6 Å². The third-order valence-corrected chi connectivity index (χ3v) is 6.04. The van der Waals surface area contributed by atoms with E-state index in [4.69, 9.17) is 4.74 Å². The lowest BCUT2D eigenvalue weighted by Gasteiger charge is -2.35. The average molecular weight is 554 g/mol. The van der Waals surface area contributed by atoms with Gasteiger partial charge in [-0.2, -0.15) is 0 Å². The van der Waals surface area contributed by atoms with E-state index in [1.165, 1.54) is 42.3 Å². The number of urea groups is 1. The molecule has 4 aromatic rings. The molecule has 0 atom stereocenters. The number of pyridine rings is 1. The summed E-state index contributed by atoms with van der Waals surface area (Å²) in [5.41, 5.74) is -1.17. The lowest BCUT2D eigenvalue weighted by Crippen LogP contribution is -2.54. The minimum Gasteiger partial charge on any atom is -0.454 e. The van der Waals surface area contributed by atoms with E-state index in [1.54, 1.807) is 0 Å². The number of halogens is 3. The highest BCUT2D eigenvalue weighted by molar-refractivity contribution is 6.03. The number of benzene rings is 2. The van der Waals surface area contributed by atoms with Gasteiger partial charge in [-0.25, -0.2) is 27.7 Å². The largest absolute Gasteiger partial charge is 0.454 e. The average Bonchev–Trinajstić information content (AvgIpc) is 3.18. The summed E-state index contributed by atoms with van der Waals surface area (Å²) in [6.07, 6.45) is 0.803. The standard InChI is InChI=1S/C26H21F3N6O5/c1-13-23(33-26(39)35(13)20-4-2-14(27)8-18(20)28)24(37)31-15-3-5-21(19(29)9-15)40-17-6-7-30-22(10-17)32-25(38)34-11-16(36)12-34/h2-10,16,36H,11-12H2,1H3,(H,31,37)(H,33,39)(H,30,32,38). The number of β-amino-alcohol motifs (C(OH)–C–C–N with tert-alkyl or cyclic N) is 1. The Morgan fingerprint density at radius 1 is 1.05 bits per heavy atom. The summed E-state index contributed by atoms with van der Waals surface area (Å²) in [4.78, 5) is 45.1. The van der Waals surface area contributed by atoms with Gasteiger partial charge in [0.1, 0.15) is 28.9 Å². The molecule has 2 aromatic carbocycles. The Kier molecular flexibility index (Phi) is 7.00. The fourth-order valence-corrected chi connectivity index (χ4v) is 4.03. The summed E-state index contributed by atoms with van der Waals surface area (Å²) < 4.78 is 48.8. The molecule has 4 N–H and O–H groups in total. The van der Waals surface area contributed by atoms with Crippen LogP contribution >= 0.6 is 0 Å². The number of aliphatic hydroxyl groups excluding tert-OH is 1. The van der Waals surface area contributed by atoms with Gasteiger partial charge in [-0.3, -0.25) is 14.7 Å². The number of nitrogens with one attached hydrogen (secondary N) is 3. The highest BCUT2D eigenvalue weighted by Gasteiger charge is 2.29. The van der Waals surface area contributed by atoms with E-state index in [-0.39, 0.29) is 53.2 Å². The van der Waals surface area contributed by atoms with Gasteiger partial charge < -0.3 is 25.0 Å². The van der Waals surface area contributed by atoms with Crippen molar-refractivity contribution in [2.24, 2.45) is 0 Å². The molecule has 1 aliphatic rings. The molecule has 14 heteroatoms. The quantitative estimate of drug-likeness (QED) is 0.287. The van der Waals surface area contributed by atoms with Crippen molar-refractivity contribution >= 4 is 23.4 Å². The molecule has 0 aliphatic carbocycles. The van der Waals surface area contributed by atoms with Gasteiger partial charge in [0.2, 0.25) is 0 Å². The van der Waals surface area contributed by atoms with Gasteiger partial charge in [0, 0.05) is 30.1 Å². The summed E-state index contributed by atoms with van der Waals surface area (Å²) in [6.45, 7) is 1.82. The summed E-state index contributed by atoms with van der Waals surface area (Å²) in [6, 6.07) is 8.67. The molecule has 1 fully saturated rings. The highest BCUT2D eigenvalue weighted by Crippen LogP contribution is 2.28. The molecule has 0 unspecified atom stereocenters. The number of aromatic amines is 1. The summed E-state index contributed by atoms with van der Waals surface area (Å²) in [5.74, 6) is -3.30. The van der Waals surface area contributed by atoms with Crippen LogP contribution in [0.15, 0.2) is 59.5 Å². The van der Waals surface area contributed by atoms with E-state index >= 15 is 0 Å². The van der Waals surface area contributed by atoms with Crippen molar-refractivity contribution in [2.75, 3.05) is 23.7 Å². The van der Waals surface area contributed by atoms with Crippen LogP contribution in [0.2, 0.25) is 0 Å². The van der Waals surface area contributed by atoms with E-state index in [2.05, 4.69) is 20.6 Å². The Labute approximate surface area is 223 Å². The number of nitrogens with zero attached hydrogens (tertiary/aromatic N) is 3. The molecule has 206 valence electrons. The number of ether oxygens (including phenoxy) is 1. The lowest BCUT2D eigenvalue weighted by atomic mass is 10.2. The molecule has 3 heterocycles. The molecular formula is C26H21F3N6O5. The van der Waals surface area contributed by atoms with Crippen molar-refractivity contribution in [2.45, 2.75) is 13.0 Å². The lowest BCUT2D eigenvalue weighted by molar-refractivity contribution is 0.0308. The number of imidazole rings is 1. The van der Waals surface area contributed by atoms with Crippen LogP contribution < -0.4 is 21.1 Å². The van der Waals surface area contributed by atoms with E-state index in [9.17, 15) is 32.7 Å². The van der Waals surface area contributed by atoms with Crippen LogP contribution in [0.1, 0.15) is 16.2 Å². The highest BCUT2D eigenvalue weighted by atomic mass is 19.1. The van der Waals surface area contributed by atoms with Crippen molar-refractivity contribution in [3.8, 4) is 17.2 Å². The first-order chi connectivity index (χ1) is 19.1. The maximum atomic E-state index is 14.8. The first kappa shape index (κ1) is 26.5. The Hall–Kier alpha value is -5.11. The zero-order valence-corrected chi connectivity index (χ0v) is 20.7. The predicted molar refractivity (Wildman–Crippen MR) is 136 cm³/mol. The topological polar surface area (TPSA) is 142 Å². The predicted octanol–water partition coefficient (Wildman–Crippen LogP) is 3.54. The van der Waals surface area contributed by atoms with Gasteiger partial charge >= 0.3 is 11.7 Å². The van der Waals surface area contributed by atoms with Gasteiger partial charge in [-0.1, -0.05) is 0 Å². The molecule has 0 radical (unpaired) electrons. The van der Waals surface area contributed by atoms with Gasteiger partial charge in [-0.15, -0.1) is 0 Å². The zero-order valence-electron chi connectivity index (χ0n) is 20.7. The molecule has 0 bridgehead atoms. The molecule has 2 aromatic heterocycles. The maximum Gasteiger partial charge on any atom is 0.331 e. The number of carbonyl (C=O) groups excluding carboxylic acids is 2. The minimum atomic E-state index is -0.992. The SMILES string of the molecule is Cc1c(C(=O)Nc2ccc(Oc3ccnc(NC(=O)N4CC(O)C4)c3)c(F)c2)[nH]c(=O)n1-c1ccc(F)cc1F. The van der Waals surface area contributed by atoms with Crippen molar-refractivity contribution in [1.82, 2.24) is 19.4 Å². The number of H-pyrrole nitrogens is 1. The summed E-state index contributed by atoms with van der Waals surface area (Å²) >= 11 is 0. The molecule has 1 aliphatic heterocycles.